The molecule has 88 valence electrons. The van der Waals surface area contributed by atoms with E-state index in [0.29, 0.717) is 0 Å². The minimum Gasteiger partial charge on any atom is -0.312 e. The highest BCUT2D eigenvalue weighted by atomic mass is 15.1. The molecular weight excluding hydrogens is 184 g/mol. The second-order valence-electron chi connectivity index (χ2n) is 5.61. The first-order valence-corrected chi connectivity index (χ1v) is 6.67. The lowest BCUT2D eigenvalue weighted by atomic mass is 9.83. The third kappa shape index (κ3) is 3.46. The van der Waals surface area contributed by atoms with E-state index in [4.69, 9.17) is 0 Å². The van der Waals surface area contributed by atoms with Crippen molar-refractivity contribution in [2.75, 3.05) is 20.6 Å². The van der Waals surface area contributed by atoms with Gasteiger partial charge in [0.15, 0.2) is 0 Å². The fourth-order valence-corrected chi connectivity index (χ4v) is 2.86. The maximum Gasteiger partial charge on any atom is 0.0242 e. The summed E-state index contributed by atoms with van der Waals surface area (Å²) in [5, 5.41) is 3.69. The van der Waals surface area contributed by atoms with E-state index in [-0.39, 0.29) is 0 Å². The Labute approximate surface area is 94.4 Å². The molecule has 2 rings (SSSR count). The molecule has 2 nitrogen and oxygen atoms in total. The Hall–Kier alpha value is -0.0800. The normalized spacial score (nSPS) is 25.8. The van der Waals surface area contributed by atoms with Gasteiger partial charge in [-0.05, 0) is 45.7 Å². The molecule has 0 aliphatic heterocycles. The fraction of sp³-hybridized carbons (Fsp3) is 1.00. The minimum atomic E-state index is 0.769. The van der Waals surface area contributed by atoms with Crippen LogP contribution in [0.25, 0.3) is 0 Å². The number of hydrogen-bond acceptors (Lipinski definition) is 2. The Kier molecular flexibility index (Phi) is 4.04. The second-order valence-corrected chi connectivity index (χ2v) is 5.61. The van der Waals surface area contributed by atoms with Crippen molar-refractivity contribution in [1.29, 1.82) is 0 Å². The number of likely N-dealkylation sites (N-methyl/N-ethyl adjacent to an activating group) is 1. The molecule has 2 aliphatic rings. The van der Waals surface area contributed by atoms with Crippen molar-refractivity contribution in [3.8, 4) is 0 Å². The summed E-state index contributed by atoms with van der Waals surface area (Å²) in [6.07, 6.45) is 10.1. The smallest absolute Gasteiger partial charge is 0.0242 e. The van der Waals surface area contributed by atoms with E-state index in [1.165, 1.54) is 51.5 Å². The maximum atomic E-state index is 3.69. The zero-order valence-corrected chi connectivity index (χ0v) is 10.3. The molecule has 0 bridgehead atoms. The second kappa shape index (κ2) is 5.31. The van der Waals surface area contributed by atoms with Gasteiger partial charge in [-0.25, -0.2) is 0 Å². The van der Waals surface area contributed by atoms with Gasteiger partial charge in [-0.2, -0.15) is 0 Å². The van der Waals surface area contributed by atoms with Crippen LogP contribution in [-0.4, -0.2) is 37.6 Å². The van der Waals surface area contributed by atoms with Crippen LogP contribution in [0.2, 0.25) is 0 Å². The summed E-state index contributed by atoms with van der Waals surface area (Å²) >= 11 is 0. The molecule has 1 unspecified atom stereocenters. The van der Waals surface area contributed by atoms with Crippen LogP contribution < -0.4 is 5.32 Å². The average molecular weight is 210 g/mol. The van der Waals surface area contributed by atoms with Crippen LogP contribution in [0.3, 0.4) is 0 Å². The van der Waals surface area contributed by atoms with Crippen molar-refractivity contribution in [3.63, 3.8) is 0 Å². The van der Waals surface area contributed by atoms with Crippen LogP contribution in [0.5, 0.6) is 0 Å². The summed E-state index contributed by atoms with van der Waals surface area (Å²) in [5.41, 5.74) is 0. The molecule has 1 atom stereocenters. The molecule has 1 N–H and O–H groups in total. The Balaban J connectivity index is 1.79. The Morgan fingerprint density at radius 1 is 1.07 bits per heavy atom. The summed E-state index contributed by atoms with van der Waals surface area (Å²) in [6.45, 7) is 1.21. The van der Waals surface area contributed by atoms with Crippen LogP contribution >= 0.6 is 0 Å². The van der Waals surface area contributed by atoms with E-state index in [1.54, 1.807) is 0 Å². The highest BCUT2D eigenvalue weighted by Gasteiger charge is 2.27. The summed E-state index contributed by atoms with van der Waals surface area (Å²) in [5.74, 6) is 0.944. The third-order valence-corrected chi connectivity index (χ3v) is 4.05. The largest absolute Gasteiger partial charge is 0.312 e. The first-order chi connectivity index (χ1) is 7.27. The topological polar surface area (TPSA) is 15.3 Å². The number of rotatable bonds is 5. The maximum absolute atomic E-state index is 3.69. The van der Waals surface area contributed by atoms with Gasteiger partial charge in [-0.15, -0.1) is 0 Å². The summed E-state index contributed by atoms with van der Waals surface area (Å²) in [6, 6.07) is 1.63. The van der Waals surface area contributed by atoms with Gasteiger partial charge in [0, 0.05) is 18.6 Å². The Morgan fingerprint density at radius 3 is 2.27 bits per heavy atom. The van der Waals surface area contributed by atoms with Gasteiger partial charge in [0.1, 0.15) is 0 Å². The number of hydrogen-bond donors (Lipinski definition) is 1. The van der Waals surface area contributed by atoms with Crippen molar-refractivity contribution in [2.45, 2.75) is 57.0 Å². The summed E-state index contributed by atoms with van der Waals surface area (Å²) in [7, 11) is 4.49. The van der Waals surface area contributed by atoms with E-state index < -0.39 is 0 Å². The highest BCUT2D eigenvalue weighted by molar-refractivity contribution is 4.86. The molecule has 0 saturated heterocycles. The van der Waals surface area contributed by atoms with E-state index in [2.05, 4.69) is 24.3 Å². The van der Waals surface area contributed by atoms with E-state index in [9.17, 15) is 0 Å². The van der Waals surface area contributed by atoms with Gasteiger partial charge in [-0.3, -0.25) is 0 Å². The molecule has 0 aromatic rings. The average Bonchev–Trinajstić information content (AvgIpc) is 3.03. The van der Waals surface area contributed by atoms with Crippen LogP contribution in [0.4, 0.5) is 0 Å². The lowest BCUT2D eigenvalue weighted by Crippen LogP contribution is -2.44. The lowest BCUT2D eigenvalue weighted by Gasteiger charge is -2.35. The van der Waals surface area contributed by atoms with Crippen molar-refractivity contribution in [2.24, 2.45) is 5.92 Å². The van der Waals surface area contributed by atoms with Crippen molar-refractivity contribution in [3.05, 3.63) is 0 Å². The molecule has 0 aromatic heterocycles. The van der Waals surface area contributed by atoms with Gasteiger partial charge in [0.2, 0.25) is 0 Å². The lowest BCUT2D eigenvalue weighted by molar-refractivity contribution is 0.166. The fourth-order valence-electron chi connectivity index (χ4n) is 2.86. The molecule has 0 heterocycles. The van der Waals surface area contributed by atoms with Crippen LogP contribution in [0, 0.1) is 5.92 Å². The van der Waals surface area contributed by atoms with Crippen molar-refractivity contribution >= 4 is 0 Å². The quantitative estimate of drug-likeness (QED) is 0.749. The predicted octanol–water partition coefficient (Wildman–Crippen LogP) is 2.25. The Bertz CT molecular complexity index is 181. The Morgan fingerprint density at radius 2 is 1.73 bits per heavy atom. The molecule has 0 spiro atoms. The van der Waals surface area contributed by atoms with E-state index in [0.717, 1.165) is 18.0 Å². The van der Waals surface area contributed by atoms with Crippen LogP contribution in [-0.2, 0) is 0 Å². The van der Waals surface area contributed by atoms with Crippen LogP contribution in [0.15, 0.2) is 0 Å². The monoisotopic (exact) mass is 210 g/mol. The highest BCUT2D eigenvalue weighted by Crippen LogP contribution is 2.28. The van der Waals surface area contributed by atoms with Gasteiger partial charge >= 0.3 is 0 Å². The van der Waals surface area contributed by atoms with E-state index in [1.807, 2.05) is 0 Å². The molecule has 2 fully saturated rings. The van der Waals surface area contributed by atoms with E-state index >= 15 is 0 Å². The first-order valence-electron chi connectivity index (χ1n) is 6.67. The SMILES string of the molecule is CN(C)C(CNC1CC1)C1CCCCC1. The third-order valence-electron chi connectivity index (χ3n) is 4.05. The summed E-state index contributed by atoms with van der Waals surface area (Å²) in [4.78, 5) is 2.44. The predicted molar refractivity (Wildman–Crippen MR) is 65.1 cm³/mol. The van der Waals surface area contributed by atoms with Gasteiger partial charge < -0.3 is 10.2 Å². The molecule has 2 saturated carbocycles. The molecule has 0 amide bonds. The number of nitrogens with one attached hydrogen (secondary N) is 1. The number of nitrogens with zero attached hydrogens (tertiary/aromatic N) is 1. The molecule has 0 radical (unpaired) electrons. The van der Waals surface area contributed by atoms with Gasteiger partial charge in [-0.1, -0.05) is 19.3 Å². The zero-order chi connectivity index (χ0) is 10.7. The van der Waals surface area contributed by atoms with Gasteiger partial charge in [0.05, 0.1) is 0 Å². The van der Waals surface area contributed by atoms with Crippen molar-refractivity contribution < 1.29 is 0 Å². The first kappa shape index (κ1) is 11.4. The van der Waals surface area contributed by atoms with Crippen LogP contribution in [0.1, 0.15) is 44.9 Å². The molecule has 2 heteroatoms. The molecule has 15 heavy (non-hydrogen) atoms. The minimum absolute atomic E-state index is 0.769. The zero-order valence-electron chi connectivity index (χ0n) is 10.3. The molecular formula is C13H26N2. The van der Waals surface area contributed by atoms with Crippen molar-refractivity contribution in [1.82, 2.24) is 10.2 Å². The molecule has 2 aliphatic carbocycles. The standard InChI is InChI=1S/C13H26N2/c1-15(2)13(10-14-12-8-9-12)11-6-4-3-5-7-11/h11-14H,3-10H2,1-2H3. The molecule has 0 aromatic carbocycles. The summed E-state index contributed by atoms with van der Waals surface area (Å²) < 4.78 is 0. The van der Waals surface area contributed by atoms with Gasteiger partial charge in [0.25, 0.3) is 0 Å².